The minimum atomic E-state index is -1.84. The molecule has 22 unspecified atom stereocenters. The van der Waals surface area contributed by atoms with Crippen LogP contribution in [0.2, 0.25) is 0 Å². The van der Waals surface area contributed by atoms with Gasteiger partial charge in [0.2, 0.25) is 5.75 Å². The third-order valence-corrected chi connectivity index (χ3v) is 24.4. The predicted octanol–water partition coefficient (Wildman–Crippen LogP) is 12.5. The molecular formula is C86H114N2O20. The first-order chi connectivity index (χ1) is 51.9. The molecule has 22 nitrogen and oxygen atoms in total. The third kappa shape index (κ3) is 16.2. The van der Waals surface area contributed by atoms with Gasteiger partial charge in [-0.3, -0.25) is 14.6 Å². The second-order valence-electron chi connectivity index (χ2n) is 31.4. The average Bonchev–Trinajstić information content (AvgIpc) is 1.44. The maximum Gasteiger partial charge on any atom is 0.316 e. The quantitative estimate of drug-likeness (QED) is 0.0884. The number of fused-ring (bicyclic) bond motifs is 4. The van der Waals surface area contributed by atoms with E-state index in [0.29, 0.717) is 83.5 Å². The van der Waals surface area contributed by atoms with E-state index in [-0.39, 0.29) is 54.8 Å². The Hall–Kier alpha value is -6.71. The fourth-order valence-corrected chi connectivity index (χ4v) is 17.8. The summed E-state index contributed by atoms with van der Waals surface area (Å²) in [6.07, 6.45) is 11.9. The van der Waals surface area contributed by atoms with Crippen molar-refractivity contribution in [2.24, 2.45) is 23.7 Å². The number of benzene rings is 4. The van der Waals surface area contributed by atoms with Crippen LogP contribution in [0.1, 0.15) is 139 Å². The summed E-state index contributed by atoms with van der Waals surface area (Å²) in [6, 6.07) is 21.2. The molecule has 0 radical (unpaired) electrons. The maximum atomic E-state index is 14.3. The molecule has 1 aliphatic carbocycles. The summed E-state index contributed by atoms with van der Waals surface area (Å²) in [5.41, 5.74) is 7.29. The number of rotatable bonds is 12. The largest absolute Gasteiger partial charge is 0.493 e. The molecule has 588 valence electrons. The number of methoxy groups -OCH3 is 6. The van der Waals surface area contributed by atoms with Crippen molar-refractivity contribution in [3.8, 4) is 46.0 Å². The molecule has 4 fully saturated rings. The number of carbonyl (C=O) groups excluding carboxylic acids is 1. The number of carbonyl (C=O) groups is 1. The van der Waals surface area contributed by atoms with E-state index in [1.165, 1.54) is 22.3 Å². The van der Waals surface area contributed by atoms with Crippen LogP contribution >= 0.6 is 0 Å². The lowest BCUT2D eigenvalue weighted by Crippen LogP contribution is -2.58. The second-order valence-corrected chi connectivity index (χ2v) is 31.4. The number of ether oxygens (including phenoxy) is 16. The molecule has 4 aromatic rings. The number of hydrogen-bond acceptors (Lipinski definition) is 22. The molecule has 11 aliphatic rings. The Balaban J connectivity index is 0.000000199. The Morgan fingerprint density at radius 1 is 0.694 bits per heavy atom. The van der Waals surface area contributed by atoms with Crippen molar-refractivity contribution < 1.29 is 95.9 Å². The monoisotopic (exact) mass is 1490 g/mol. The highest BCUT2D eigenvalue weighted by atomic mass is 16.7. The van der Waals surface area contributed by atoms with Crippen LogP contribution in [-0.4, -0.2) is 205 Å². The van der Waals surface area contributed by atoms with Gasteiger partial charge in [-0.05, 0) is 173 Å². The molecule has 0 aromatic heterocycles. The van der Waals surface area contributed by atoms with Crippen LogP contribution < -0.4 is 28.4 Å². The Morgan fingerprint density at radius 2 is 1.37 bits per heavy atom. The molecule has 22 heteroatoms. The van der Waals surface area contributed by atoms with E-state index in [9.17, 15) is 20.1 Å². The highest BCUT2D eigenvalue weighted by Crippen LogP contribution is 2.53. The van der Waals surface area contributed by atoms with Gasteiger partial charge in [0.15, 0.2) is 52.9 Å². The number of aliphatic hydroxyl groups is 3. The number of allylic oxidation sites excluding steroid dienone is 2. The summed E-state index contributed by atoms with van der Waals surface area (Å²) in [6.45, 7) is 17.9. The van der Waals surface area contributed by atoms with E-state index < -0.39 is 90.8 Å². The van der Waals surface area contributed by atoms with Crippen LogP contribution in [0.3, 0.4) is 0 Å². The number of esters is 1. The molecule has 22 atom stereocenters. The van der Waals surface area contributed by atoms with Crippen LogP contribution in [0.25, 0.3) is 0 Å². The molecule has 4 aromatic carbocycles. The highest BCUT2D eigenvalue weighted by molar-refractivity contribution is 5.79. The standard InChI is InChI=1S/C48H72O14.C38H42N2O6/c1-11-25(2)43-28(5)17-18-47(62-43)23-34-20-33(61-47)16-15-27(4)42(26(3)13-12-14-32-24-55-45-40(49)29(6)19-35(46(51)58-34)48(32,45)52)59-39-22-37(54-10)44(31(8)57-39)60-38-21-36(53-9)41(50)30(7)56-38;1-39-15-13-25-20-32(42-4)34-22-28(25)29(39)17-23-7-10-27(11-8-23)45-33-19-24(9-12-31(33)41-3)18-30-36-26(14-16-40(30)2)21-35(43-5)37(44-6)38(36)46-34/h12-15,17-19,25-26,28,30-31,33-45,49-50,52H,11,16,20-24H2,1-10H3;7-12,19-22,29-30H,13-18H2,1-6H3. The van der Waals surface area contributed by atoms with Crippen molar-refractivity contribution in [3.63, 3.8) is 0 Å². The van der Waals surface area contributed by atoms with E-state index >= 15 is 0 Å². The first-order valence-corrected chi connectivity index (χ1v) is 38.8. The molecule has 1 spiro atoms. The third-order valence-electron chi connectivity index (χ3n) is 24.4. The molecule has 10 heterocycles. The van der Waals surface area contributed by atoms with Gasteiger partial charge < -0.3 is 91.1 Å². The van der Waals surface area contributed by atoms with Crippen molar-refractivity contribution in [1.29, 1.82) is 0 Å². The Morgan fingerprint density at radius 3 is 2.09 bits per heavy atom. The van der Waals surface area contributed by atoms with Gasteiger partial charge >= 0.3 is 5.97 Å². The predicted molar refractivity (Wildman–Crippen MR) is 405 cm³/mol. The van der Waals surface area contributed by atoms with E-state index in [1.807, 2.05) is 50.3 Å². The molecule has 0 saturated carbocycles. The summed E-state index contributed by atoms with van der Waals surface area (Å²) in [7, 11) is 14.3. The second kappa shape index (κ2) is 33.7. The van der Waals surface area contributed by atoms with E-state index in [2.05, 4.69) is 106 Å². The van der Waals surface area contributed by atoms with E-state index in [4.69, 9.17) is 75.8 Å². The van der Waals surface area contributed by atoms with Gasteiger partial charge in [0.25, 0.3) is 0 Å². The van der Waals surface area contributed by atoms with E-state index in [1.54, 1.807) is 68.7 Å². The number of aliphatic hydroxyl groups excluding tert-OH is 2. The van der Waals surface area contributed by atoms with Gasteiger partial charge in [0, 0.05) is 82.5 Å². The minimum absolute atomic E-state index is 0.000437. The fourth-order valence-electron chi connectivity index (χ4n) is 17.8. The lowest BCUT2D eigenvalue weighted by Gasteiger charge is -2.48. The van der Waals surface area contributed by atoms with Crippen LogP contribution in [0.5, 0.6) is 46.0 Å². The summed E-state index contributed by atoms with van der Waals surface area (Å²) < 4.78 is 101. The van der Waals surface area contributed by atoms with E-state index in [0.717, 1.165) is 67.6 Å². The van der Waals surface area contributed by atoms with Crippen LogP contribution in [0.15, 0.2) is 120 Å². The summed E-state index contributed by atoms with van der Waals surface area (Å²) in [5.74, 6) is 2.85. The first-order valence-electron chi connectivity index (χ1n) is 38.8. The van der Waals surface area contributed by atoms with Crippen LogP contribution in [-0.2, 0) is 77.8 Å². The molecule has 8 bridgehead atoms. The van der Waals surface area contributed by atoms with Crippen LogP contribution in [0, 0.1) is 23.7 Å². The van der Waals surface area contributed by atoms with Crippen molar-refractivity contribution in [2.75, 3.05) is 76.5 Å². The maximum absolute atomic E-state index is 14.3. The normalized spacial score (nSPS) is 35.1. The topological polar surface area (TPSA) is 232 Å². The van der Waals surface area contributed by atoms with Gasteiger partial charge in [-0.2, -0.15) is 0 Å². The van der Waals surface area contributed by atoms with Gasteiger partial charge in [-0.25, -0.2) is 0 Å². The highest BCUT2D eigenvalue weighted by Gasteiger charge is 2.60. The van der Waals surface area contributed by atoms with Gasteiger partial charge in [0.05, 0.1) is 77.8 Å². The van der Waals surface area contributed by atoms with Crippen molar-refractivity contribution in [2.45, 2.75) is 229 Å². The SMILES string of the molecule is CCC(C)C1OC2(C=CC1C)CC1CC(CC=C(C)C(OC3CC(OC)C(OC4CC(OC)C(O)C(C)O4)C(C)O3)C(C)C=CC=C3COC4C(O)C(C)=CC(C(=O)O1)C34O)O2.COc1ccc2cc1Oc1ccc(cc1)CC1c3cc(c(OC)cc3CCN1C)Oc1c(OC)c(OC)cc3c1C(C2)N(C)CC3. The average molecular weight is 1500 g/mol. The smallest absolute Gasteiger partial charge is 0.316 e. The fraction of sp³-hybridized carbons (Fsp3) is 0.593. The summed E-state index contributed by atoms with van der Waals surface area (Å²) in [5, 5.41) is 34.2. The number of hydrogen-bond donors (Lipinski definition) is 3. The van der Waals surface area contributed by atoms with Gasteiger partial charge in [-0.15, -0.1) is 0 Å². The summed E-state index contributed by atoms with van der Waals surface area (Å²) >= 11 is 0. The lowest BCUT2D eigenvalue weighted by molar-refractivity contribution is -0.318. The molecule has 15 rings (SSSR count). The Labute approximate surface area is 637 Å². The van der Waals surface area contributed by atoms with Gasteiger partial charge in [0.1, 0.15) is 47.8 Å². The number of likely N-dealkylation sites (N-methyl/N-ethyl adjacent to an activating group) is 2. The minimum Gasteiger partial charge on any atom is -0.493 e. The molecule has 4 saturated heterocycles. The summed E-state index contributed by atoms with van der Waals surface area (Å²) in [4.78, 5) is 19.2. The molecule has 3 N–H and O–H groups in total. The zero-order valence-corrected chi connectivity index (χ0v) is 65.7. The Kier molecular flexibility index (Phi) is 24.8. The Bertz CT molecular complexity index is 3990. The molecule has 108 heavy (non-hydrogen) atoms. The molecular weight excluding hydrogens is 1380 g/mol. The van der Waals surface area contributed by atoms with Gasteiger partial charge in [-0.1, -0.05) is 88.8 Å². The zero-order chi connectivity index (χ0) is 76.6. The van der Waals surface area contributed by atoms with Crippen LogP contribution in [0.4, 0.5) is 0 Å². The lowest BCUT2D eigenvalue weighted by atomic mass is 9.71. The number of nitrogens with zero attached hydrogens (tertiary/aromatic N) is 2. The van der Waals surface area contributed by atoms with Crippen molar-refractivity contribution in [1.82, 2.24) is 9.80 Å². The molecule has 10 aliphatic heterocycles. The molecule has 0 amide bonds. The van der Waals surface area contributed by atoms with Crippen molar-refractivity contribution in [3.05, 3.63) is 153 Å². The van der Waals surface area contributed by atoms with Crippen molar-refractivity contribution >= 4 is 5.97 Å². The zero-order valence-electron chi connectivity index (χ0n) is 65.7. The first kappa shape index (κ1) is 79.4.